The van der Waals surface area contributed by atoms with Crippen LogP contribution >= 0.6 is 0 Å². The monoisotopic (exact) mass is 1080 g/mol. The van der Waals surface area contributed by atoms with Gasteiger partial charge in [0.05, 0.1) is 54.4 Å². The number of unbranched alkanes of at least 4 members (excludes halogenated alkanes) is 1. The van der Waals surface area contributed by atoms with Crippen molar-refractivity contribution in [3.8, 4) is 0 Å². The molecule has 0 aliphatic rings. The van der Waals surface area contributed by atoms with Gasteiger partial charge in [-0.3, -0.25) is 0 Å². The van der Waals surface area contributed by atoms with Gasteiger partial charge in [-0.15, -0.1) is 0 Å². The summed E-state index contributed by atoms with van der Waals surface area (Å²) in [7, 11) is -8.39. The Labute approximate surface area is 336 Å². The molecule has 8 nitrogen and oxygen atoms in total. The van der Waals surface area contributed by atoms with Crippen molar-refractivity contribution in [1.82, 2.24) is 9.44 Å². The molecule has 0 heterocycles. The minimum Gasteiger partial charge on any atom is -1.00 e. The van der Waals surface area contributed by atoms with E-state index in [0.29, 0.717) is 0 Å². The Morgan fingerprint density at radius 1 is 0.362 bits per heavy atom. The third-order valence-corrected chi connectivity index (χ3v) is 11.0. The molecule has 0 aromatic heterocycles. The number of hydrogen-bond acceptors (Lipinski definition) is 4. The summed E-state index contributed by atoms with van der Waals surface area (Å²) in [6.45, 7) is -2.65. The largest absolute Gasteiger partial charge is 1.00 e. The van der Waals surface area contributed by atoms with Crippen LogP contribution in [0.5, 0.6) is 0 Å². The summed E-state index contributed by atoms with van der Waals surface area (Å²) in [4.78, 5) is 0. The molecular weight excluding hydrogens is 1050 g/mol. The Morgan fingerprint density at radius 2 is 0.569 bits per heavy atom. The number of nitrogens with zero attached hydrogens (tertiary/aromatic N) is 2. The van der Waals surface area contributed by atoms with Gasteiger partial charge in [-0.1, -0.05) is 0 Å². The zero-order chi connectivity index (χ0) is 45.5. The molecule has 34 heteroatoms. The lowest BCUT2D eigenvalue weighted by atomic mass is 10.0. The average molecular weight is 1080 g/mol. The molecule has 0 aromatic carbocycles. The molecule has 354 valence electrons. The van der Waals surface area contributed by atoms with E-state index in [1.165, 1.54) is 28.2 Å². The van der Waals surface area contributed by atoms with E-state index in [4.69, 9.17) is 0 Å². The van der Waals surface area contributed by atoms with Crippen molar-refractivity contribution >= 4 is 20.0 Å². The van der Waals surface area contributed by atoms with Gasteiger partial charge in [0.1, 0.15) is 0 Å². The number of halogens is 24. The molecule has 2 N–H and O–H groups in total. The fourth-order valence-electron chi connectivity index (χ4n) is 4.37. The van der Waals surface area contributed by atoms with Gasteiger partial charge in [-0.2, -0.15) is 96.6 Å². The second kappa shape index (κ2) is 18.9. The molecule has 0 atom stereocenters. The third-order valence-electron chi connectivity index (χ3n) is 7.94. The summed E-state index contributed by atoms with van der Waals surface area (Å²) < 4.78 is 338. The lowest BCUT2D eigenvalue weighted by Crippen LogP contribution is -3.00. The Morgan fingerprint density at radius 3 is 0.776 bits per heavy atom. The maximum atomic E-state index is 14.0. The number of sulfonamides is 2. The summed E-state index contributed by atoms with van der Waals surface area (Å²) in [6, 6.07) is 0. The van der Waals surface area contributed by atoms with E-state index < -0.39 is 104 Å². The molecule has 0 fully saturated rings. The van der Waals surface area contributed by atoms with Crippen LogP contribution in [-0.4, -0.2) is 152 Å². The molecule has 0 aromatic rings. The Bertz CT molecular complexity index is 1440. The van der Waals surface area contributed by atoms with E-state index in [9.17, 15) is 113 Å². The molecular formula is C24H34Br2F22N4O4S2. The van der Waals surface area contributed by atoms with Crippen molar-refractivity contribution in [3.63, 3.8) is 0 Å². The first-order chi connectivity index (χ1) is 24.1. The maximum absolute atomic E-state index is 14.0. The van der Waals surface area contributed by atoms with Crippen LogP contribution in [0.1, 0.15) is 25.7 Å². The highest BCUT2D eigenvalue weighted by molar-refractivity contribution is 7.90. The number of rotatable bonds is 23. The fourth-order valence-corrected chi connectivity index (χ4v) is 6.49. The van der Waals surface area contributed by atoms with Crippen LogP contribution in [0, 0.1) is 0 Å². The van der Waals surface area contributed by atoms with Crippen molar-refractivity contribution in [2.24, 2.45) is 0 Å². The van der Waals surface area contributed by atoms with Crippen LogP contribution in [0.25, 0.3) is 0 Å². The van der Waals surface area contributed by atoms with E-state index >= 15 is 0 Å². The molecule has 0 amide bonds. The molecule has 0 saturated carbocycles. The molecule has 0 spiro atoms. The SMILES string of the molecule is C[N+](C)(CCCC[N+](C)(C)CCCNS(=O)(=O)C(F)(F)C(F)(F)C(F)(F)C(F)(F)C(F)(F)F)CCCNS(=O)(=O)C(F)(F)C(F)(F)C(F)(F)C(F)(F)C(F)(F)F.[Br-].[Br-]. The van der Waals surface area contributed by atoms with E-state index in [1.54, 1.807) is 0 Å². The van der Waals surface area contributed by atoms with E-state index in [2.05, 4.69) is 0 Å². The first kappa shape index (κ1) is 61.5. The molecule has 0 radical (unpaired) electrons. The predicted molar refractivity (Wildman–Crippen MR) is 148 cm³/mol. The topological polar surface area (TPSA) is 92.3 Å². The first-order valence-electron chi connectivity index (χ1n) is 14.9. The highest BCUT2D eigenvalue weighted by Crippen LogP contribution is 2.59. The van der Waals surface area contributed by atoms with Gasteiger partial charge in [0.25, 0.3) is 20.0 Å². The third kappa shape index (κ3) is 12.0. The summed E-state index contributed by atoms with van der Waals surface area (Å²) in [5, 5.41) is -14.4. The Hall–Kier alpha value is -0.840. The highest BCUT2D eigenvalue weighted by Gasteiger charge is 2.91. The van der Waals surface area contributed by atoms with Crippen molar-refractivity contribution in [2.75, 3.05) is 67.5 Å². The minimum atomic E-state index is -7.95. The summed E-state index contributed by atoms with van der Waals surface area (Å²) in [5.74, 6) is -47.1. The lowest BCUT2D eigenvalue weighted by molar-refractivity contribution is -0.896. The van der Waals surface area contributed by atoms with Gasteiger partial charge < -0.3 is 42.9 Å². The first-order valence-corrected chi connectivity index (χ1v) is 17.9. The summed E-state index contributed by atoms with van der Waals surface area (Å²) >= 11 is 0. The number of hydrogen-bond donors (Lipinski definition) is 2. The highest BCUT2D eigenvalue weighted by atomic mass is 79.9. The van der Waals surface area contributed by atoms with E-state index in [1.807, 2.05) is 0 Å². The van der Waals surface area contributed by atoms with Crippen LogP contribution in [0.4, 0.5) is 96.6 Å². The normalized spacial score (nSPS) is 15.6. The second-order valence-electron chi connectivity index (χ2n) is 13.5. The molecule has 0 rings (SSSR count). The van der Waals surface area contributed by atoms with Gasteiger partial charge in [-0.05, 0) is 0 Å². The summed E-state index contributed by atoms with van der Waals surface area (Å²) in [6.07, 6.45) is -15.7. The number of quaternary nitrogens is 2. The second-order valence-corrected chi connectivity index (χ2v) is 17.1. The van der Waals surface area contributed by atoms with Gasteiger partial charge >= 0.3 is 58.4 Å². The lowest BCUT2D eigenvalue weighted by Gasteiger charge is -2.36. The smallest absolute Gasteiger partial charge is 0.460 e. The van der Waals surface area contributed by atoms with E-state index in [0.717, 1.165) is 9.44 Å². The van der Waals surface area contributed by atoms with Crippen molar-refractivity contribution in [1.29, 1.82) is 0 Å². The van der Waals surface area contributed by atoms with Crippen molar-refractivity contribution < 1.29 is 156 Å². The van der Waals surface area contributed by atoms with Crippen LogP contribution in [0.15, 0.2) is 0 Å². The van der Waals surface area contributed by atoms with Crippen LogP contribution in [0.3, 0.4) is 0 Å². The molecule has 0 unspecified atom stereocenters. The van der Waals surface area contributed by atoms with Gasteiger partial charge in [0.15, 0.2) is 0 Å². The van der Waals surface area contributed by atoms with Gasteiger partial charge in [0.2, 0.25) is 0 Å². The van der Waals surface area contributed by atoms with Crippen LogP contribution < -0.4 is 43.4 Å². The number of nitrogens with one attached hydrogen (secondary N) is 2. The van der Waals surface area contributed by atoms with Crippen molar-refractivity contribution in [2.45, 2.75) is 84.1 Å². The van der Waals surface area contributed by atoms with Crippen LogP contribution in [0.2, 0.25) is 0 Å². The van der Waals surface area contributed by atoms with Gasteiger partial charge in [-0.25, -0.2) is 26.3 Å². The maximum Gasteiger partial charge on any atom is 0.460 e. The zero-order valence-corrected chi connectivity index (χ0v) is 34.3. The minimum absolute atomic E-state index is 0. The Kier molecular flexibility index (Phi) is 20.0. The number of alkyl halides is 22. The molecule has 0 saturated heterocycles. The molecule has 0 aliphatic heterocycles. The molecule has 58 heavy (non-hydrogen) atoms. The summed E-state index contributed by atoms with van der Waals surface area (Å²) in [5.41, 5.74) is 0. The van der Waals surface area contributed by atoms with E-state index in [-0.39, 0.29) is 81.9 Å². The van der Waals surface area contributed by atoms with Gasteiger partial charge in [0, 0.05) is 38.8 Å². The Balaban J connectivity index is -0.0000151. The van der Waals surface area contributed by atoms with Crippen LogP contribution in [-0.2, 0) is 20.0 Å². The zero-order valence-electron chi connectivity index (χ0n) is 29.5. The fraction of sp³-hybridized carbons (Fsp3) is 1.00. The standard InChI is InChI=1S/C24H34F22N4O4S2.2BrH/c1-49(2,13-7-9-47-55(51,52)23(43,44)19(33,34)15(25,26)17(29,30)21(37,38)39)11-5-6-12-50(3,4)14-8-10-48-56(53,54)24(45,46)20(35,36)16(27,28)18(31,32)22(40,41)42;;/h47-48H,5-14H2,1-4H3;2*1H/q+2;;/p-2. The predicted octanol–water partition coefficient (Wildman–Crippen LogP) is 0.668. The average Bonchev–Trinajstić information content (AvgIpc) is 2.98. The quantitative estimate of drug-likeness (QED) is 0.0896. The molecule has 0 bridgehead atoms. The molecule has 0 aliphatic carbocycles. The van der Waals surface area contributed by atoms with Crippen molar-refractivity contribution in [3.05, 3.63) is 0 Å².